The second-order valence-electron chi connectivity index (χ2n) is 7.46. The number of ether oxygens (including phenoxy) is 1. The van der Waals surface area contributed by atoms with Gasteiger partial charge in [-0.2, -0.15) is 5.26 Å². The monoisotopic (exact) mass is 431 g/mol. The van der Waals surface area contributed by atoms with Crippen molar-refractivity contribution in [3.05, 3.63) is 59.9 Å². The minimum atomic E-state index is -0.220. The minimum absolute atomic E-state index is 0.220. The van der Waals surface area contributed by atoms with Crippen LogP contribution in [0, 0.1) is 11.3 Å². The van der Waals surface area contributed by atoms with Gasteiger partial charge in [0.15, 0.2) is 5.71 Å². The third kappa shape index (κ3) is 4.34. The van der Waals surface area contributed by atoms with Crippen LogP contribution in [-0.4, -0.2) is 41.5 Å². The zero-order valence-electron chi connectivity index (χ0n) is 18.0. The highest BCUT2D eigenvalue weighted by molar-refractivity contribution is 6.54. The zero-order valence-corrected chi connectivity index (χ0v) is 18.0. The average molecular weight is 431 g/mol. The molecule has 1 aliphatic heterocycles. The topological polar surface area (TPSA) is 92.7 Å². The first-order valence-corrected chi connectivity index (χ1v) is 10.7. The van der Waals surface area contributed by atoms with E-state index in [0.717, 1.165) is 41.1 Å². The summed E-state index contributed by atoms with van der Waals surface area (Å²) in [6.07, 6.45) is 1.80. The number of methoxy groups -OCH3 is 1. The minimum Gasteiger partial charge on any atom is -0.395 e. The largest absolute Gasteiger partial charge is 0.395 e. The number of benzene rings is 2. The first-order valence-electron chi connectivity index (χ1n) is 10.7. The number of amides is 1. The molecule has 3 aromatic rings. The molecule has 0 fully saturated rings. The van der Waals surface area contributed by atoms with Gasteiger partial charge >= 0.3 is 0 Å². The molecule has 32 heavy (non-hydrogen) atoms. The van der Waals surface area contributed by atoms with Crippen molar-refractivity contribution >= 4 is 28.3 Å². The van der Waals surface area contributed by atoms with Crippen LogP contribution in [0.4, 0.5) is 5.69 Å². The molecule has 4 rings (SSSR count). The summed E-state index contributed by atoms with van der Waals surface area (Å²) in [6, 6.07) is 17.6. The third-order valence-corrected chi connectivity index (χ3v) is 5.34. The number of hydrogen-bond acceptors (Lipinski definition) is 6. The van der Waals surface area contributed by atoms with Gasteiger partial charge in [0.25, 0.3) is 5.91 Å². The number of oxime groups is 1. The Morgan fingerprint density at radius 3 is 2.75 bits per heavy atom. The van der Waals surface area contributed by atoms with Crippen LogP contribution in [0.3, 0.4) is 0 Å². The molecule has 0 saturated carbocycles. The maximum Gasteiger partial charge on any atom is 0.281 e. The summed E-state index contributed by atoms with van der Waals surface area (Å²) in [5, 5.41) is 12.8. The number of carbonyl (C=O) groups excluding carboxylic acids is 1. The predicted octanol–water partition coefficient (Wildman–Crippen LogP) is 3.64. The van der Waals surface area contributed by atoms with Gasteiger partial charge in [0.2, 0.25) is 0 Å². The molecule has 0 N–H and O–H groups in total. The van der Waals surface area contributed by atoms with E-state index < -0.39 is 0 Å². The second kappa shape index (κ2) is 10.1. The normalized spacial score (nSPS) is 14.2. The number of aryl methyl sites for hydroxylation is 1. The smallest absolute Gasteiger partial charge is 0.281 e. The van der Waals surface area contributed by atoms with Gasteiger partial charge in [0, 0.05) is 32.2 Å². The Morgan fingerprint density at radius 1 is 1.09 bits per heavy atom. The Balaban J connectivity index is 1.62. The lowest BCUT2D eigenvalue weighted by molar-refractivity contribution is -0.112. The van der Waals surface area contributed by atoms with E-state index in [1.165, 1.54) is 0 Å². The SMILES string of the molecule is COCCCn1c(CN2C(=O)/C(=N/OCCCC#N)c3ccccc32)nc2ccccc21. The summed E-state index contributed by atoms with van der Waals surface area (Å²) in [6.45, 7) is 2.01. The highest BCUT2D eigenvalue weighted by Gasteiger charge is 2.35. The number of anilines is 1. The number of rotatable bonds is 10. The van der Waals surface area contributed by atoms with Gasteiger partial charge in [-0.15, -0.1) is 0 Å². The number of unbranched alkanes of at least 4 members (excludes halogenated alkanes) is 1. The number of nitriles is 1. The summed E-state index contributed by atoms with van der Waals surface area (Å²) >= 11 is 0. The number of nitrogens with zero attached hydrogens (tertiary/aromatic N) is 5. The van der Waals surface area contributed by atoms with Gasteiger partial charge in [-0.3, -0.25) is 9.69 Å². The van der Waals surface area contributed by atoms with Gasteiger partial charge in [0.1, 0.15) is 12.4 Å². The molecule has 8 heteroatoms. The molecule has 8 nitrogen and oxygen atoms in total. The third-order valence-electron chi connectivity index (χ3n) is 5.34. The molecule has 164 valence electrons. The Bertz CT molecular complexity index is 1180. The molecule has 0 bridgehead atoms. The first-order chi connectivity index (χ1) is 15.7. The number of hydrogen-bond donors (Lipinski definition) is 0. The van der Waals surface area contributed by atoms with E-state index in [1.54, 1.807) is 12.0 Å². The van der Waals surface area contributed by atoms with Gasteiger partial charge < -0.3 is 14.1 Å². The van der Waals surface area contributed by atoms with E-state index in [2.05, 4.69) is 15.8 Å². The second-order valence-corrected chi connectivity index (χ2v) is 7.46. The summed E-state index contributed by atoms with van der Waals surface area (Å²) in [5.41, 5.74) is 3.73. The number of aromatic nitrogens is 2. The van der Waals surface area contributed by atoms with Crippen LogP contribution in [0.1, 0.15) is 30.7 Å². The molecule has 1 aliphatic rings. The highest BCUT2D eigenvalue weighted by atomic mass is 16.6. The van der Waals surface area contributed by atoms with Crippen LogP contribution < -0.4 is 4.90 Å². The fourth-order valence-corrected chi connectivity index (χ4v) is 3.84. The summed E-state index contributed by atoms with van der Waals surface area (Å²) in [7, 11) is 1.69. The fourth-order valence-electron chi connectivity index (χ4n) is 3.84. The number of fused-ring (bicyclic) bond motifs is 2. The van der Waals surface area contributed by atoms with E-state index in [-0.39, 0.29) is 11.6 Å². The van der Waals surface area contributed by atoms with Crippen LogP contribution >= 0.6 is 0 Å². The van der Waals surface area contributed by atoms with Crippen LogP contribution in [0.5, 0.6) is 0 Å². The van der Waals surface area contributed by atoms with Crippen molar-refractivity contribution < 1.29 is 14.4 Å². The standard InChI is InChI=1S/C24H25N5O3/c1-31-15-8-14-28-21-12-5-3-10-19(21)26-22(28)17-29-20-11-4-2-9-18(20)23(24(29)30)27-32-16-7-6-13-25/h2-5,9-12H,6-8,14-17H2,1H3/b27-23+. The first kappa shape index (κ1) is 21.5. The summed E-state index contributed by atoms with van der Waals surface area (Å²) in [5.74, 6) is 0.587. The lowest BCUT2D eigenvalue weighted by atomic mass is 10.1. The maximum absolute atomic E-state index is 13.3. The van der Waals surface area contributed by atoms with Crippen molar-refractivity contribution in [3.63, 3.8) is 0 Å². The Labute approximate surface area is 186 Å². The molecule has 0 unspecified atom stereocenters. The quantitative estimate of drug-likeness (QED) is 0.361. The number of imidazole rings is 1. The van der Waals surface area contributed by atoms with Gasteiger partial charge in [0.05, 0.1) is 29.3 Å². The molecule has 0 saturated heterocycles. The van der Waals surface area contributed by atoms with Gasteiger partial charge in [-0.05, 0) is 31.0 Å². The molecule has 0 spiro atoms. The summed E-state index contributed by atoms with van der Waals surface area (Å²) in [4.78, 5) is 25.1. The van der Waals surface area contributed by atoms with E-state index >= 15 is 0 Å². The molecular weight excluding hydrogens is 406 g/mol. The molecule has 0 atom stereocenters. The molecule has 0 radical (unpaired) electrons. The van der Waals surface area contributed by atoms with E-state index in [0.29, 0.717) is 32.6 Å². The van der Waals surface area contributed by atoms with Crippen molar-refractivity contribution in [3.8, 4) is 6.07 Å². The van der Waals surface area contributed by atoms with Crippen LogP contribution in [0.25, 0.3) is 11.0 Å². The van der Waals surface area contributed by atoms with E-state index in [1.807, 2.05) is 48.5 Å². The van der Waals surface area contributed by atoms with E-state index in [9.17, 15) is 4.79 Å². The van der Waals surface area contributed by atoms with Crippen molar-refractivity contribution in [2.45, 2.75) is 32.4 Å². The molecule has 0 aliphatic carbocycles. The Hall–Kier alpha value is -3.70. The lowest BCUT2D eigenvalue weighted by Crippen LogP contribution is -2.31. The molecule has 2 aromatic carbocycles. The van der Waals surface area contributed by atoms with Crippen molar-refractivity contribution in [1.82, 2.24) is 9.55 Å². The van der Waals surface area contributed by atoms with Crippen molar-refractivity contribution in [2.24, 2.45) is 5.16 Å². The van der Waals surface area contributed by atoms with E-state index in [4.69, 9.17) is 19.8 Å². The zero-order chi connectivity index (χ0) is 22.3. The predicted molar refractivity (Wildman–Crippen MR) is 121 cm³/mol. The van der Waals surface area contributed by atoms with Crippen LogP contribution in [0.15, 0.2) is 53.7 Å². The van der Waals surface area contributed by atoms with Crippen molar-refractivity contribution in [1.29, 1.82) is 5.26 Å². The van der Waals surface area contributed by atoms with Gasteiger partial charge in [-0.1, -0.05) is 35.5 Å². The van der Waals surface area contributed by atoms with Crippen LogP contribution in [-0.2, 0) is 27.5 Å². The Morgan fingerprint density at radius 2 is 1.91 bits per heavy atom. The average Bonchev–Trinajstić information content (AvgIpc) is 3.29. The molecule has 1 aromatic heterocycles. The van der Waals surface area contributed by atoms with Crippen LogP contribution in [0.2, 0.25) is 0 Å². The van der Waals surface area contributed by atoms with Crippen molar-refractivity contribution in [2.75, 3.05) is 25.2 Å². The summed E-state index contributed by atoms with van der Waals surface area (Å²) < 4.78 is 7.37. The lowest BCUT2D eigenvalue weighted by Gasteiger charge is -2.17. The maximum atomic E-state index is 13.3. The molecule has 1 amide bonds. The number of carbonyl (C=O) groups is 1. The van der Waals surface area contributed by atoms with Gasteiger partial charge in [-0.25, -0.2) is 4.98 Å². The molecular formula is C24H25N5O3. The fraction of sp³-hybridized carbons (Fsp3) is 0.333. The Kier molecular flexibility index (Phi) is 6.78. The number of para-hydroxylation sites is 3. The highest BCUT2D eigenvalue weighted by Crippen LogP contribution is 2.31. The molecule has 2 heterocycles.